The van der Waals surface area contributed by atoms with Gasteiger partial charge in [-0.15, -0.1) is 0 Å². The highest BCUT2D eigenvalue weighted by Gasteiger charge is 2.31. The quantitative estimate of drug-likeness (QED) is 0.836. The molecule has 2 aliphatic heterocycles. The molecule has 3 heterocycles. The molecule has 24 heavy (non-hydrogen) atoms. The maximum absolute atomic E-state index is 13.9. The zero-order chi connectivity index (χ0) is 16.5. The maximum Gasteiger partial charge on any atom is 0.227 e. The molecule has 0 saturated carbocycles. The lowest BCUT2D eigenvalue weighted by Gasteiger charge is -2.36. The second kappa shape index (κ2) is 6.64. The first-order valence-electron chi connectivity index (χ1n) is 8.39. The van der Waals surface area contributed by atoms with Crippen molar-refractivity contribution in [2.24, 2.45) is 5.92 Å². The van der Waals surface area contributed by atoms with Gasteiger partial charge in [-0.3, -0.25) is 4.79 Å². The molecular formula is C17H20FN3O2S. The summed E-state index contributed by atoms with van der Waals surface area (Å²) in [6.45, 7) is 4.15. The number of carbonyl (C=O) groups is 1. The number of benzene rings is 1. The van der Waals surface area contributed by atoms with E-state index in [2.05, 4.69) is 9.88 Å². The zero-order valence-electron chi connectivity index (χ0n) is 13.4. The van der Waals surface area contributed by atoms with Crippen molar-refractivity contribution in [3.05, 3.63) is 24.0 Å². The van der Waals surface area contributed by atoms with Gasteiger partial charge >= 0.3 is 0 Å². The average molecular weight is 349 g/mol. The van der Waals surface area contributed by atoms with Crippen molar-refractivity contribution in [2.75, 3.05) is 44.3 Å². The number of hydrogen-bond donors (Lipinski definition) is 0. The largest absolute Gasteiger partial charge is 0.378 e. The molecule has 0 aliphatic carbocycles. The highest BCUT2D eigenvalue weighted by atomic mass is 32.1. The Morgan fingerprint density at radius 1 is 1.29 bits per heavy atom. The number of ether oxygens (including phenoxy) is 1. The molecule has 1 aromatic carbocycles. The van der Waals surface area contributed by atoms with Crippen molar-refractivity contribution in [1.29, 1.82) is 0 Å². The fourth-order valence-corrected chi connectivity index (χ4v) is 4.45. The van der Waals surface area contributed by atoms with Gasteiger partial charge in [0.2, 0.25) is 5.91 Å². The Labute approximate surface area is 144 Å². The van der Waals surface area contributed by atoms with E-state index in [4.69, 9.17) is 4.74 Å². The number of morpholine rings is 1. The predicted molar refractivity (Wildman–Crippen MR) is 91.9 cm³/mol. The van der Waals surface area contributed by atoms with Crippen LogP contribution >= 0.6 is 11.3 Å². The summed E-state index contributed by atoms with van der Waals surface area (Å²) in [7, 11) is 0. The van der Waals surface area contributed by atoms with Gasteiger partial charge < -0.3 is 14.5 Å². The molecule has 2 saturated heterocycles. The monoisotopic (exact) mass is 349 g/mol. The van der Waals surface area contributed by atoms with Crippen LogP contribution < -0.4 is 4.90 Å². The molecule has 1 atom stereocenters. The van der Waals surface area contributed by atoms with Gasteiger partial charge in [0.05, 0.1) is 23.8 Å². The molecule has 0 bridgehead atoms. The molecular weight excluding hydrogens is 329 g/mol. The van der Waals surface area contributed by atoms with Crippen LogP contribution in [0.15, 0.2) is 18.2 Å². The Morgan fingerprint density at radius 2 is 2.12 bits per heavy atom. The molecule has 4 rings (SSSR count). The third kappa shape index (κ3) is 2.98. The summed E-state index contributed by atoms with van der Waals surface area (Å²) < 4.78 is 20.0. The normalized spacial score (nSPS) is 22.1. The third-order valence-electron chi connectivity index (χ3n) is 4.72. The highest BCUT2D eigenvalue weighted by molar-refractivity contribution is 7.22. The number of anilines is 1. The first kappa shape index (κ1) is 15.8. The molecule has 0 spiro atoms. The van der Waals surface area contributed by atoms with E-state index >= 15 is 0 Å². The molecule has 2 fully saturated rings. The fourth-order valence-electron chi connectivity index (χ4n) is 3.43. The van der Waals surface area contributed by atoms with E-state index in [-0.39, 0.29) is 17.6 Å². The number of rotatable bonds is 2. The number of hydrogen-bond acceptors (Lipinski definition) is 5. The molecule has 2 aromatic rings. The lowest BCUT2D eigenvalue weighted by atomic mass is 9.96. The van der Waals surface area contributed by atoms with Crippen LogP contribution in [0.25, 0.3) is 10.2 Å². The van der Waals surface area contributed by atoms with Crippen molar-refractivity contribution in [1.82, 2.24) is 9.88 Å². The minimum Gasteiger partial charge on any atom is -0.378 e. The average Bonchev–Trinajstić information content (AvgIpc) is 3.08. The minimum absolute atomic E-state index is 0.00582. The van der Waals surface area contributed by atoms with E-state index < -0.39 is 0 Å². The fraction of sp³-hybridized carbons (Fsp3) is 0.529. The van der Waals surface area contributed by atoms with Crippen LogP contribution in [0.5, 0.6) is 0 Å². The Balaban J connectivity index is 1.51. The van der Waals surface area contributed by atoms with E-state index in [9.17, 15) is 9.18 Å². The molecule has 0 radical (unpaired) electrons. The summed E-state index contributed by atoms with van der Waals surface area (Å²) in [6.07, 6.45) is 1.87. The summed E-state index contributed by atoms with van der Waals surface area (Å²) in [5.74, 6) is -0.0723. The number of carbonyl (C=O) groups excluding carboxylic acids is 1. The SMILES string of the molecule is O=C(C1CCCN(c2nc3c(F)cccc3s2)C1)N1CCOCC1. The van der Waals surface area contributed by atoms with Gasteiger partial charge in [0, 0.05) is 26.2 Å². The Morgan fingerprint density at radius 3 is 2.92 bits per heavy atom. The number of para-hydroxylation sites is 1. The molecule has 128 valence electrons. The topological polar surface area (TPSA) is 45.7 Å². The number of halogens is 1. The van der Waals surface area contributed by atoms with Gasteiger partial charge in [-0.05, 0) is 25.0 Å². The van der Waals surface area contributed by atoms with Gasteiger partial charge in [-0.2, -0.15) is 0 Å². The molecule has 2 aliphatic rings. The first-order chi connectivity index (χ1) is 11.7. The standard InChI is InChI=1S/C17H20FN3O2S/c18-13-4-1-5-14-15(13)19-17(24-14)21-6-2-3-12(11-21)16(22)20-7-9-23-10-8-20/h1,4-5,12H,2-3,6-11H2. The van der Waals surface area contributed by atoms with E-state index in [1.807, 2.05) is 11.0 Å². The van der Waals surface area contributed by atoms with Crippen LogP contribution in [-0.2, 0) is 9.53 Å². The van der Waals surface area contributed by atoms with Gasteiger partial charge in [0.1, 0.15) is 11.3 Å². The molecule has 1 unspecified atom stereocenters. The van der Waals surface area contributed by atoms with Gasteiger partial charge in [0.15, 0.2) is 5.13 Å². The van der Waals surface area contributed by atoms with Gasteiger partial charge in [0.25, 0.3) is 0 Å². The Bertz CT molecular complexity index is 745. The number of aromatic nitrogens is 1. The lowest BCUT2D eigenvalue weighted by molar-refractivity contribution is -0.139. The van der Waals surface area contributed by atoms with E-state index in [0.717, 1.165) is 29.2 Å². The molecule has 0 N–H and O–H groups in total. The van der Waals surface area contributed by atoms with E-state index in [1.165, 1.54) is 17.4 Å². The predicted octanol–water partition coefficient (Wildman–Crippen LogP) is 2.51. The number of amides is 1. The van der Waals surface area contributed by atoms with Crippen molar-refractivity contribution in [2.45, 2.75) is 12.8 Å². The molecule has 7 heteroatoms. The molecule has 1 amide bonds. The van der Waals surface area contributed by atoms with Crippen molar-refractivity contribution in [3.63, 3.8) is 0 Å². The van der Waals surface area contributed by atoms with Crippen LogP contribution in [0.1, 0.15) is 12.8 Å². The van der Waals surface area contributed by atoms with Crippen LogP contribution in [0.4, 0.5) is 9.52 Å². The van der Waals surface area contributed by atoms with Crippen LogP contribution in [0.2, 0.25) is 0 Å². The summed E-state index contributed by atoms with van der Waals surface area (Å²) in [6, 6.07) is 5.03. The van der Waals surface area contributed by atoms with Crippen LogP contribution in [0, 0.1) is 11.7 Å². The van der Waals surface area contributed by atoms with Gasteiger partial charge in [-0.25, -0.2) is 9.37 Å². The smallest absolute Gasteiger partial charge is 0.227 e. The maximum atomic E-state index is 13.9. The third-order valence-corrected chi connectivity index (χ3v) is 5.80. The van der Waals surface area contributed by atoms with Gasteiger partial charge in [-0.1, -0.05) is 17.4 Å². The summed E-state index contributed by atoms with van der Waals surface area (Å²) in [5, 5.41) is 0.814. The second-order valence-electron chi connectivity index (χ2n) is 6.31. The van der Waals surface area contributed by atoms with Crippen molar-refractivity contribution >= 4 is 32.6 Å². The van der Waals surface area contributed by atoms with Crippen LogP contribution in [0.3, 0.4) is 0 Å². The summed E-state index contributed by atoms with van der Waals surface area (Å²) in [5.41, 5.74) is 0.430. The molecule has 1 aromatic heterocycles. The Kier molecular flexibility index (Phi) is 4.37. The highest BCUT2D eigenvalue weighted by Crippen LogP contribution is 2.33. The number of piperidine rings is 1. The Hall–Kier alpha value is -1.73. The van der Waals surface area contributed by atoms with Crippen LogP contribution in [-0.4, -0.2) is 55.2 Å². The zero-order valence-corrected chi connectivity index (χ0v) is 14.2. The number of fused-ring (bicyclic) bond motifs is 1. The number of nitrogens with zero attached hydrogens (tertiary/aromatic N) is 3. The minimum atomic E-state index is -0.284. The van der Waals surface area contributed by atoms with Crippen molar-refractivity contribution < 1.29 is 13.9 Å². The van der Waals surface area contributed by atoms with E-state index in [0.29, 0.717) is 38.4 Å². The summed E-state index contributed by atoms with van der Waals surface area (Å²) >= 11 is 1.50. The van der Waals surface area contributed by atoms with Crippen molar-refractivity contribution in [3.8, 4) is 0 Å². The lowest BCUT2D eigenvalue weighted by Crippen LogP contribution is -2.48. The summed E-state index contributed by atoms with van der Waals surface area (Å²) in [4.78, 5) is 21.2. The molecule has 5 nitrogen and oxygen atoms in total. The second-order valence-corrected chi connectivity index (χ2v) is 7.31. The number of thiazole rings is 1. The van der Waals surface area contributed by atoms with E-state index in [1.54, 1.807) is 6.07 Å². The first-order valence-corrected chi connectivity index (χ1v) is 9.20.